The Balaban J connectivity index is 1.60. The second-order valence-electron chi connectivity index (χ2n) is 7.56. The molecule has 4 heteroatoms. The number of likely N-dealkylation sites (tertiary alicyclic amines) is 1. The van der Waals surface area contributed by atoms with E-state index in [2.05, 4.69) is 72.3 Å². The van der Waals surface area contributed by atoms with Gasteiger partial charge in [-0.1, -0.05) is 44.2 Å². The molecule has 3 rings (SSSR count). The van der Waals surface area contributed by atoms with Crippen molar-refractivity contribution in [2.45, 2.75) is 33.0 Å². The third-order valence-electron chi connectivity index (χ3n) is 5.21. The van der Waals surface area contributed by atoms with Gasteiger partial charge in [-0.15, -0.1) is 0 Å². The van der Waals surface area contributed by atoms with Crippen LogP contribution < -0.4 is 0 Å². The summed E-state index contributed by atoms with van der Waals surface area (Å²) in [6.45, 7) is 9.18. The molecule has 24 heavy (non-hydrogen) atoms. The van der Waals surface area contributed by atoms with Crippen LogP contribution in [0.2, 0.25) is 0 Å². The fourth-order valence-corrected chi connectivity index (χ4v) is 4.45. The van der Waals surface area contributed by atoms with Crippen LogP contribution in [0.5, 0.6) is 0 Å². The molecular weight excluding hydrogens is 296 g/mol. The van der Waals surface area contributed by atoms with E-state index >= 15 is 0 Å². The first kappa shape index (κ1) is 17.2. The van der Waals surface area contributed by atoms with Crippen LogP contribution in [0, 0.1) is 11.8 Å². The van der Waals surface area contributed by atoms with E-state index in [-0.39, 0.29) is 0 Å². The number of piperidine rings is 1. The molecule has 0 radical (unpaired) electrons. The van der Waals surface area contributed by atoms with E-state index in [4.69, 9.17) is 0 Å². The zero-order valence-electron chi connectivity index (χ0n) is 15.4. The second-order valence-corrected chi connectivity index (χ2v) is 7.56. The maximum Gasteiger partial charge on any atom is 0.0534 e. The normalized spacial score (nSPS) is 23.0. The standard InChI is InChI=1S/C20H30N4/c1-16-11-24(15-18-8-6-5-7-9-18)12-17(2)20(16)22(3)13-19-10-21-23(4)14-19/h5-10,14,16-17,20H,11-13,15H2,1-4H3/t16-,17-/m0/s1. The van der Waals surface area contributed by atoms with E-state index in [9.17, 15) is 0 Å². The monoisotopic (exact) mass is 326 g/mol. The fraction of sp³-hybridized carbons (Fsp3) is 0.550. The lowest BCUT2D eigenvalue weighted by Crippen LogP contribution is -2.53. The Morgan fingerprint density at radius 3 is 2.33 bits per heavy atom. The van der Waals surface area contributed by atoms with E-state index in [1.807, 2.05) is 17.9 Å². The fourth-order valence-electron chi connectivity index (χ4n) is 4.45. The first-order valence-electron chi connectivity index (χ1n) is 8.97. The van der Waals surface area contributed by atoms with Crippen LogP contribution in [0.4, 0.5) is 0 Å². The minimum absolute atomic E-state index is 0.622. The van der Waals surface area contributed by atoms with E-state index in [0.29, 0.717) is 17.9 Å². The van der Waals surface area contributed by atoms with Gasteiger partial charge in [-0.25, -0.2) is 0 Å². The summed E-state index contributed by atoms with van der Waals surface area (Å²) in [6.07, 6.45) is 4.10. The Hall–Kier alpha value is -1.65. The minimum atomic E-state index is 0.622. The average molecular weight is 326 g/mol. The molecule has 1 aromatic carbocycles. The van der Waals surface area contributed by atoms with Gasteiger partial charge in [-0.3, -0.25) is 14.5 Å². The summed E-state index contributed by atoms with van der Waals surface area (Å²) < 4.78 is 1.89. The highest BCUT2D eigenvalue weighted by Gasteiger charge is 2.34. The zero-order chi connectivity index (χ0) is 17.1. The maximum absolute atomic E-state index is 4.29. The lowest BCUT2D eigenvalue weighted by molar-refractivity contribution is 0.0291. The van der Waals surface area contributed by atoms with Crippen LogP contribution >= 0.6 is 0 Å². The van der Waals surface area contributed by atoms with Crippen LogP contribution in [0.3, 0.4) is 0 Å². The zero-order valence-corrected chi connectivity index (χ0v) is 15.4. The SMILES string of the molecule is C[C@H]1CN(Cc2ccccc2)C[C@H](C)C1N(C)Cc1cnn(C)c1. The Morgan fingerprint density at radius 1 is 1.08 bits per heavy atom. The Bertz CT molecular complexity index is 624. The number of hydrogen-bond acceptors (Lipinski definition) is 3. The molecule has 0 N–H and O–H groups in total. The summed E-state index contributed by atoms with van der Waals surface area (Å²) in [5, 5.41) is 4.29. The van der Waals surface area contributed by atoms with Gasteiger partial charge in [-0.2, -0.15) is 5.10 Å². The number of nitrogens with zero attached hydrogens (tertiary/aromatic N) is 4. The van der Waals surface area contributed by atoms with Crippen LogP contribution in [0.25, 0.3) is 0 Å². The summed E-state index contributed by atoms with van der Waals surface area (Å²) in [5.41, 5.74) is 2.71. The first-order valence-corrected chi connectivity index (χ1v) is 8.97. The molecule has 1 saturated heterocycles. The van der Waals surface area contributed by atoms with Crippen LogP contribution in [-0.2, 0) is 20.1 Å². The number of hydrogen-bond donors (Lipinski definition) is 0. The van der Waals surface area contributed by atoms with Crippen LogP contribution in [-0.4, -0.2) is 45.8 Å². The van der Waals surface area contributed by atoms with Gasteiger partial charge in [0.15, 0.2) is 0 Å². The maximum atomic E-state index is 4.29. The molecule has 0 aliphatic carbocycles. The molecule has 130 valence electrons. The van der Waals surface area contributed by atoms with E-state index in [1.54, 1.807) is 0 Å². The van der Waals surface area contributed by atoms with Gasteiger partial charge in [-0.05, 0) is 24.4 Å². The van der Waals surface area contributed by atoms with Crippen molar-refractivity contribution in [1.29, 1.82) is 0 Å². The van der Waals surface area contributed by atoms with Gasteiger partial charge < -0.3 is 0 Å². The largest absolute Gasteiger partial charge is 0.298 e. The van der Waals surface area contributed by atoms with Crippen molar-refractivity contribution in [3.8, 4) is 0 Å². The molecule has 2 heterocycles. The predicted octanol–water partition coefficient (Wildman–Crippen LogP) is 3.01. The highest BCUT2D eigenvalue weighted by molar-refractivity contribution is 5.14. The summed E-state index contributed by atoms with van der Waals surface area (Å²) in [6, 6.07) is 11.4. The number of aromatic nitrogens is 2. The van der Waals surface area contributed by atoms with Crippen molar-refractivity contribution in [2.75, 3.05) is 20.1 Å². The van der Waals surface area contributed by atoms with Crippen molar-refractivity contribution in [1.82, 2.24) is 19.6 Å². The molecule has 0 spiro atoms. The predicted molar refractivity (Wildman–Crippen MR) is 98.5 cm³/mol. The van der Waals surface area contributed by atoms with Crippen LogP contribution in [0.1, 0.15) is 25.0 Å². The van der Waals surface area contributed by atoms with E-state index in [1.165, 1.54) is 24.2 Å². The molecule has 2 atom stereocenters. The number of aryl methyl sites for hydroxylation is 1. The smallest absolute Gasteiger partial charge is 0.0534 e. The van der Waals surface area contributed by atoms with Crippen LogP contribution in [0.15, 0.2) is 42.7 Å². The lowest BCUT2D eigenvalue weighted by Gasteiger charge is -2.45. The van der Waals surface area contributed by atoms with Crippen molar-refractivity contribution in [2.24, 2.45) is 18.9 Å². The third kappa shape index (κ3) is 4.05. The van der Waals surface area contributed by atoms with Crippen molar-refractivity contribution in [3.63, 3.8) is 0 Å². The third-order valence-corrected chi connectivity index (χ3v) is 5.21. The summed E-state index contributed by atoms with van der Waals surface area (Å²) in [5.74, 6) is 1.33. The molecule has 0 amide bonds. The summed E-state index contributed by atoms with van der Waals surface area (Å²) >= 11 is 0. The lowest BCUT2D eigenvalue weighted by atomic mass is 9.84. The molecule has 2 aromatic rings. The summed E-state index contributed by atoms with van der Waals surface area (Å²) in [4.78, 5) is 5.13. The molecule has 0 bridgehead atoms. The van der Waals surface area contributed by atoms with Crippen molar-refractivity contribution in [3.05, 3.63) is 53.9 Å². The second kappa shape index (κ2) is 7.49. The molecule has 0 saturated carbocycles. The molecule has 0 unspecified atom stereocenters. The van der Waals surface area contributed by atoms with Gasteiger partial charge in [0.1, 0.15) is 0 Å². The molecular formula is C20H30N4. The quantitative estimate of drug-likeness (QED) is 0.844. The molecule has 1 aliphatic heterocycles. The van der Waals surface area contributed by atoms with E-state index in [0.717, 1.165) is 13.1 Å². The van der Waals surface area contributed by atoms with Crippen molar-refractivity contribution < 1.29 is 0 Å². The highest BCUT2D eigenvalue weighted by atomic mass is 15.3. The van der Waals surface area contributed by atoms with Gasteiger partial charge >= 0.3 is 0 Å². The molecule has 4 nitrogen and oxygen atoms in total. The van der Waals surface area contributed by atoms with Gasteiger partial charge in [0.05, 0.1) is 6.20 Å². The Morgan fingerprint density at radius 2 is 1.75 bits per heavy atom. The topological polar surface area (TPSA) is 24.3 Å². The van der Waals surface area contributed by atoms with Crippen molar-refractivity contribution >= 4 is 0 Å². The summed E-state index contributed by atoms with van der Waals surface area (Å²) in [7, 11) is 4.24. The molecule has 1 fully saturated rings. The highest BCUT2D eigenvalue weighted by Crippen LogP contribution is 2.28. The Kier molecular flexibility index (Phi) is 5.36. The van der Waals surface area contributed by atoms with Gasteiger partial charge in [0.2, 0.25) is 0 Å². The average Bonchev–Trinajstić information content (AvgIpc) is 2.92. The number of benzene rings is 1. The first-order chi connectivity index (χ1) is 11.5. The minimum Gasteiger partial charge on any atom is -0.298 e. The van der Waals surface area contributed by atoms with Gasteiger partial charge in [0, 0.05) is 51.0 Å². The van der Waals surface area contributed by atoms with E-state index < -0.39 is 0 Å². The number of rotatable bonds is 5. The molecule has 1 aromatic heterocycles. The molecule has 1 aliphatic rings. The van der Waals surface area contributed by atoms with Gasteiger partial charge in [0.25, 0.3) is 0 Å². The Labute approximate surface area is 146 Å².